The van der Waals surface area contributed by atoms with Crippen molar-refractivity contribution in [3.8, 4) is 0 Å². The second kappa shape index (κ2) is 8.22. The lowest BCUT2D eigenvalue weighted by Crippen LogP contribution is -2.45. The molecule has 2 N–H and O–H groups in total. The number of hydrogen-bond donors (Lipinski definition) is 2. The lowest BCUT2D eigenvalue weighted by molar-refractivity contribution is 0.474. The van der Waals surface area contributed by atoms with Crippen LogP contribution in [0.4, 0.5) is 0 Å². The normalized spacial score (nSPS) is 27.2. The van der Waals surface area contributed by atoms with Gasteiger partial charge in [0.25, 0.3) is 0 Å². The molecule has 10 heteroatoms. The first-order valence-corrected chi connectivity index (χ1v) is 12.2. The monoisotopic (exact) mass is 394 g/mol. The Hall–Kier alpha value is -0.870. The van der Waals surface area contributed by atoms with E-state index < -0.39 is 25.1 Å². The number of likely N-dealkylation sites (tertiary alicyclic amines) is 1. The van der Waals surface area contributed by atoms with E-state index >= 15 is 0 Å². The molecule has 2 aliphatic rings. The third kappa shape index (κ3) is 5.82. The molecule has 2 rings (SSSR count). The van der Waals surface area contributed by atoms with Gasteiger partial charge in [-0.1, -0.05) is 6.92 Å². The summed E-state index contributed by atoms with van der Waals surface area (Å²) in [6.07, 6.45) is 1.21. The third-order valence-corrected chi connectivity index (χ3v) is 8.26. The zero-order chi connectivity index (χ0) is 18.7. The highest BCUT2D eigenvalue weighted by Crippen LogP contribution is 2.20. The van der Waals surface area contributed by atoms with Crippen LogP contribution in [-0.4, -0.2) is 76.7 Å². The molecule has 0 saturated carbocycles. The molecule has 2 heterocycles. The van der Waals surface area contributed by atoms with Crippen LogP contribution in [0.1, 0.15) is 33.6 Å². The Morgan fingerprint density at radius 3 is 2.60 bits per heavy atom. The van der Waals surface area contributed by atoms with Gasteiger partial charge in [-0.2, -0.15) is 0 Å². The van der Waals surface area contributed by atoms with Crippen LogP contribution < -0.4 is 10.0 Å². The summed E-state index contributed by atoms with van der Waals surface area (Å²) in [7, 11) is -6.22. The van der Waals surface area contributed by atoms with Gasteiger partial charge in [-0.25, -0.2) is 21.6 Å². The Bertz CT molecular complexity index is 688. The van der Waals surface area contributed by atoms with Gasteiger partial charge < -0.3 is 10.2 Å². The minimum Gasteiger partial charge on any atom is -0.354 e. The van der Waals surface area contributed by atoms with E-state index in [1.807, 2.05) is 18.7 Å². The van der Waals surface area contributed by atoms with E-state index in [0.29, 0.717) is 45.0 Å². The van der Waals surface area contributed by atoms with Crippen molar-refractivity contribution in [2.75, 3.05) is 37.7 Å². The van der Waals surface area contributed by atoms with Gasteiger partial charge >= 0.3 is 0 Å². The lowest BCUT2D eigenvalue weighted by atomic mass is 10.1. The highest BCUT2D eigenvalue weighted by Gasteiger charge is 2.34. The highest BCUT2D eigenvalue weighted by atomic mass is 32.2. The van der Waals surface area contributed by atoms with E-state index in [9.17, 15) is 16.8 Å². The Kier molecular flexibility index (Phi) is 6.72. The largest absolute Gasteiger partial charge is 0.354 e. The van der Waals surface area contributed by atoms with Crippen molar-refractivity contribution in [3.05, 3.63) is 0 Å². The maximum Gasteiger partial charge on any atom is 0.216 e. The summed E-state index contributed by atoms with van der Waals surface area (Å²) >= 11 is 0. The van der Waals surface area contributed by atoms with Gasteiger partial charge in [0.1, 0.15) is 0 Å². The molecule has 0 bridgehead atoms. The fraction of sp³-hybridized carbons (Fsp3) is 0.933. The Labute approximate surface area is 151 Å². The van der Waals surface area contributed by atoms with Gasteiger partial charge in [-0.3, -0.25) is 4.99 Å². The summed E-state index contributed by atoms with van der Waals surface area (Å²) in [5, 5.41) is 2.84. The quantitative estimate of drug-likeness (QED) is 0.477. The Morgan fingerprint density at radius 2 is 2.04 bits per heavy atom. The minimum absolute atomic E-state index is 0.0536. The van der Waals surface area contributed by atoms with Crippen molar-refractivity contribution in [1.82, 2.24) is 14.9 Å². The van der Waals surface area contributed by atoms with Crippen LogP contribution in [0.5, 0.6) is 0 Å². The van der Waals surface area contributed by atoms with Crippen LogP contribution in [0.3, 0.4) is 0 Å². The highest BCUT2D eigenvalue weighted by molar-refractivity contribution is 7.91. The van der Waals surface area contributed by atoms with Gasteiger partial charge in [-0.05, 0) is 32.6 Å². The molecule has 2 fully saturated rings. The fourth-order valence-corrected chi connectivity index (χ4v) is 6.50. The topological polar surface area (TPSA) is 108 Å². The van der Waals surface area contributed by atoms with Gasteiger partial charge in [0.05, 0.1) is 16.8 Å². The van der Waals surface area contributed by atoms with Gasteiger partial charge in [-0.15, -0.1) is 0 Å². The molecule has 0 aromatic rings. The van der Waals surface area contributed by atoms with E-state index in [4.69, 9.17) is 0 Å². The first-order chi connectivity index (χ1) is 11.6. The van der Waals surface area contributed by atoms with Crippen LogP contribution in [0.2, 0.25) is 0 Å². The van der Waals surface area contributed by atoms with Crippen molar-refractivity contribution < 1.29 is 16.8 Å². The maximum atomic E-state index is 12.2. The maximum absolute atomic E-state index is 12.2. The summed E-state index contributed by atoms with van der Waals surface area (Å²) in [4.78, 5) is 6.57. The van der Waals surface area contributed by atoms with Crippen molar-refractivity contribution in [2.24, 2.45) is 10.9 Å². The molecule has 0 aromatic heterocycles. The molecule has 8 nitrogen and oxygen atoms in total. The van der Waals surface area contributed by atoms with E-state index in [1.54, 1.807) is 6.92 Å². The van der Waals surface area contributed by atoms with Gasteiger partial charge in [0.15, 0.2) is 15.8 Å². The second-order valence-corrected chi connectivity index (χ2v) is 11.4. The Balaban J connectivity index is 2.04. The summed E-state index contributed by atoms with van der Waals surface area (Å²) in [6.45, 7) is 7.63. The zero-order valence-corrected chi connectivity index (χ0v) is 16.9. The number of guanidine groups is 1. The fourth-order valence-electron chi connectivity index (χ4n) is 3.22. The van der Waals surface area contributed by atoms with Crippen LogP contribution in [0, 0.1) is 5.92 Å². The van der Waals surface area contributed by atoms with Crippen molar-refractivity contribution in [1.29, 1.82) is 0 Å². The van der Waals surface area contributed by atoms with Crippen LogP contribution in [0.15, 0.2) is 4.99 Å². The molecule has 0 aliphatic carbocycles. The second-order valence-electron chi connectivity index (χ2n) is 7.13. The first kappa shape index (κ1) is 20.4. The smallest absolute Gasteiger partial charge is 0.216 e. The molecule has 0 aromatic carbocycles. The number of sulfone groups is 1. The molecule has 0 radical (unpaired) electrons. The van der Waals surface area contributed by atoms with Gasteiger partial charge in [0, 0.05) is 32.2 Å². The average Bonchev–Trinajstić information content (AvgIpc) is 3.10. The van der Waals surface area contributed by atoms with Crippen LogP contribution >= 0.6 is 0 Å². The summed E-state index contributed by atoms with van der Waals surface area (Å²) < 4.78 is 50.1. The molecular weight excluding hydrogens is 364 g/mol. The molecule has 146 valence electrons. The van der Waals surface area contributed by atoms with Crippen molar-refractivity contribution in [3.63, 3.8) is 0 Å². The van der Waals surface area contributed by atoms with E-state index in [1.165, 1.54) is 0 Å². The number of nitrogens with one attached hydrogen (secondary N) is 2. The first-order valence-electron chi connectivity index (χ1n) is 8.88. The SMILES string of the molecule is CCNS(=O)(=O)C1CCN(C(=NCC2CCS(=O)(=O)C2)NC(C)C)C1. The number of sulfonamides is 1. The van der Waals surface area contributed by atoms with E-state index in [0.717, 1.165) is 0 Å². The minimum atomic E-state index is -3.30. The van der Waals surface area contributed by atoms with Crippen LogP contribution in [0.25, 0.3) is 0 Å². The molecule has 2 saturated heterocycles. The predicted molar refractivity (Wildman–Crippen MR) is 99.9 cm³/mol. The molecule has 2 unspecified atom stereocenters. The molecule has 0 spiro atoms. The molecule has 2 aliphatic heterocycles. The molecular formula is C15H30N4O4S2. The van der Waals surface area contributed by atoms with Crippen molar-refractivity contribution in [2.45, 2.75) is 44.9 Å². The molecule has 0 amide bonds. The zero-order valence-electron chi connectivity index (χ0n) is 15.2. The molecule has 25 heavy (non-hydrogen) atoms. The average molecular weight is 395 g/mol. The summed E-state index contributed by atoms with van der Waals surface area (Å²) in [5.41, 5.74) is 0. The third-order valence-electron chi connectivity index (χ3n) is 4.47. The van der Waals surface area contributed by atoms with E-state index in [-0.39, 0.29) is 23.5 Å². The van der Waals surface area contributed by atoms with Crippen LogP contribution in [-0.2, 0) is 19.9 Å². The van der Waals surface area contributed by atoms with E-state index in [2.05, 4.69) is 15.0 Å². The summed E-state index contributed by atoms with van der Waals surface area (Å²) in [5.74, 6) is 1.17. The molecule has 2 atom stereocenters. The number of nitrogens with zero attached hydrogens (tertiary/aromatic N) is 2. The number of aliphatic imine (C=N–C) groups is 1. The predicted octanol–water partition coefficient (Wildman–Crippen LogP) is -0.211. The van der Waals surface area contributed by atoms with Gasteiger partial charge in [0.2, 0.25) is 10.0 Å². The standard InChI is InChI=1S/C15H30N4O4S2/c1-4-17-25(22,23)14-5-7-19(10-14)15(18-12(2)3)16-9-13-6-8-24(20,21)11-13/h12-14,17H,4-11H2,1-3H3,(H,16,18). The lowest BCUT2D eigenvalue weighted by Gasteiger charge is -2.24. The number of hydrogen-bond acceptors (Lipinski definition) is 5. The Morgan fingerprint density at radius 1 is 1.32 bits per heavy atom. The number of rotatable bonds is 6. The summed E-state index contributed by atoms with van der Waals surface area (Å²) in [6, 6.07) is 0.162. The van der Waals surface area contributed by atoms with Crippen molar-refractivity contribution >= 4 is 25.8 Å².